The molecule has 2 aromatic carbocycles. The normalized spacial score (nSPS) is 13.5. The number of piperazine rings is 1. The van der Waals surface area contributed by atoms with E-state index in [2.05, 4.69) is 14.8 Å². The molecule has 0 saturated carbocycles. The highest BCUT2D eigenvalue weighted by molar-refractivity contribution is 6.05. The van der Waals surface area contributed by atoms with Crippen molar-refractivity contribution in [2.75, 3.05) is 43.1 Å². The number of hydrogen-bond donors (Lipinski definition) is 0. The van der Waals surface area contributed by atoms with Gasteiger partial charge in [-0.05, 0) is 54.4 Å². The molecular weight excluding hydrogens is 483 g/mol. The molecular formula is C30H29FN4O3. The predicted molar refractivity (Wildman–Crippen MR) is 146 cm³/mol. The van der Waals surface area contributed by atoms with Crippen molar-refractivity contribution in [1.82, 2.24) is 9.55 Å². The first-order valence-corrected chi connectivity index (χ1v) is 12.5. The summed E-state index contributed by atoms with van der Waals surface area (Å²) in [6.45, 7) is 4.45. The van der Waals surface area contributed by atoms with E-state index in [1.54, 1.807) is 31.5 Å². The Kier molecular flexibility index (Phi) is 6.96. The molecule has 0 atom stereocenters. The highest BCUT2D eigenvalue weighted by Crippen LogP contribution is 2.44. The molecule has 0 amide bonds. The van der Waals surface area contributed by atoms with Gasteiger partial charge in [-0.2, -0.15) is 0 Å². The van der Waals surface area contributed by atoms with Crippen LogP contribution in [0, 0.1) is 5.82 Å². The molecule has 1 fully saturated rings. The topological polar surface area (TPSA) is 67.7 Å². The van der Waals surface area contributed by atoms with E-state index in [0.717, 1.165) is 41.3 Å². The molecule has 0 spiro atoms. The molecule has 0 unspecified atom stereocenters. The molecule has 38 heavy (non-hydrogen) atoms. The third kappa shape index (κ3) is 4.65. The third-order valence-corrected chi connectivity index (χ3v) is 7.04. The summed E-state index contributed by atoms with van der Waals surface area (Å²) in [5, 5.41) is 0. The summed E-state index contributed by atoms with van der Waals surface area (Å²) in [5.74, 6) is 0.112. The van der Waals surface area contributed by atoms with Gasteiger partial charge in [0.1, 0.15) is 17.3 Å². The Morgan fingerprint density at radius 1 is 0.868 bits per heavy atom. The molecule has 0 bridgehead atoms. The molecule has 1 aliphatic heterocycles. The van der Waals surface area contributed by atoms with Crippen LogP contribution in [0.3, 0.4) is 0 Å². The molecule has 8 heteroatoms. The number of methoxy groups -OCH3 is 1. The standard InChI is InChI=1S/C30H29FN4O3/c1-20(36)23-5-4-6-25(19-23)34-15-17-35(18-16-34)29-27(22-11-13-32-14-12-22)26(21-7-9-24(31)10-8-21)28(33(29)2)30(37)38-3/h4-14,19H,15-18H2,1-3H3. The van der Waals surface area contributed by atoms with E-state index in [0.29, 0.717) is 29.9 Å². The number of pyridine rings is 1. The number of halogens is 1. The predicted octanol–water partition coefficient (Wildman–Crippen LogP) is 5.21. The SMILES string of the molecule is COC(=O)c1c(-c2ccc(F)cc2)c(-c2ccncc2)c(N2CCN(c3cccc(C(C)=O)c3)CC2)n1C. The fraction of sp³-hybridized carbons (Fsp3) is 0.233. The van der Waals surface area contributed by atoms with Crippen molar-refractivity contribution < 1.29 is 18.7 Å². The second-order valence-electron chi connectivity index (χ2n) is 9.30. The number of anilines is 2. The number of rotatable bonds is 6. The number of aromatic nitrogens is 2. The first-order chi connectivity index (χ1) is 18.4. The Bertz CT molecular complexity index is 1470. The van der Waals surface area contributed by atoms with Crippen molar-refractivity contribution in [3.05, 3.63) is 90.1 Å². The number of Topliss-reactive ketones (excluding diaryl/α,β-unsaturated/α-hetero) is 1. The summed E-state index contributed by atoms with van der Waals surface area (Å²) >= 11 is 0. The summed E-state index contributed by atoms with van der Waals surface area (Å²) < 4.78 is 20.9. The summed E-state index contributed by atoms with van der Waals surface area (Å²) in [6.07, 6.45) is 3.44. The molecule has 0 N–H and O–H groups in total. The lowest BCUT2D eigenvalue weighted by Gasteiger charge is -2.38. The summed E-state index contributed by atoms with van der Waals surface area (Å²) in [4.78, 5) is 33.7. The van der Waals surface area contributed by atoms with Crippen LogP contribution in [0.5, 0.6) is 0 Å². The van der Waals surface area contributed by atoms with Crippen LogP contribution in [-0.2, 0) is 11.8 Å². The average Bonchev–Trinajstić information content (AvgIpc) is 3.26. The first kappa shape index (κ1) is 25.2. The zero-order chi connectivity index (χ0) is 26.8. The summed E-state index contributed by atoms with van der Waals surface area (Å²) in [7, 11) is 3.23. The van der Waals surface area contributed by atoms with E-state index in [9.17, 15) is 14.0 Å². The van der Waals surface area contributed by atoms with E-state index >= 15 is 0 Å². The maximum Gasteiger partial charge on any atom is 0.355 e. The molecule has 3 heterocycles. The van der Waals surface area contributed by atoms with Gasteiger partial charge in [0.25, 0.3) is 0 Å². The Morgan fingerprint density at radius 3 is 2.13 bits per heavy atom. The molecule has 5 rings (SSSR count). The van der Waals surface area contributed by atoms with Gasteiger partial charge in [0.15, 0.2) is 5.78 Å². The highest BCUT2D eigenvalue weighted by Gasteiger charge is 2.32. The van der Waals surface area contributed by atoms with Crippen molar-refractivity contribution in [2.45, 2.75) is 6.92 Å². The van der Waals surface area contributed by atoms with E-state index in [4.69, 9.17) is 4.74 Å². The number of benzene rings is 2. The average molecular weight is 513 g/mol. The number of ketones is 1. The fourth-order valence-corrected chi connectivity index (χ4v) is 5.17. The van der Waals surface area contributed by atoms with Crippen molar-refractivity contribution in [2.24, 2.45) is 7.05 Å². The van der Waals surface area contributed by atoms with Crippen LogP contribution in [-0.4, -0.2) is 54.6 Å². The maximum absolute atomic E-state index is 13.8. The van der Waals surface area contributed by atoms with Crippen molar-refractivity contribution >= 4 is 23.3 Å². The third-order valence-electron chi connectivity index (χ3n) is 7.04. The van der Waals surface area contributed by atoms with Crippen LogP contribution in [0.15, 0.2) is 73.1 Å². The molecule has 0 aliphatic carbocycles. The van der Waals surface area contributed by atoms with Crippen LogP contribution >= 0.6 is 0 Å². The number of carbonyl (C=O) groups is 2. The fourth-order valence-electron chi connectivity index (χ4n) is 5.17. The minimum atomic E-state index is -0.465. The number of nitrogens with zero attached hydrogens (tertiary/aromatic N) is 4. The number of ether oxygens (including phenoxy) is 1. The van der Waals surface area contributed by atoms with Crippen molar-refractivity contribution in [3.8, 4) is 22.3 Å². The quantitative estimate of drug-likeness (QED) is 0.261. The second kappa shape index (κ2) is 10.5. The first-order valence-electron chi connectivity index (χ1n) is 12.5. The van der Waals surface area contributed by atoms with Gasteiger partial charge in [-0.3, -0.25) is 9.78 Å². The number of hydrogen-bond acceptors (Lipinski definition) is 6. The monoisotopic (exact) mass is 512 g/mol. The van der Waals surface area contributed by atoms with Gasteiger partial charge in [-0.15, -0.1) is 0 Å². The van der Waals surface area contributed by atoms with Gasteiger partial charge in [0.2, 0.25) is 0 Å². The largest absolute Gasteiger partial charge is 0.464 e. The van der Waals surface area contributed by atoms with E-state index in [1.165, 1.54) is 19.2 Å². The van der Waals surface area contributed by atoms with Crippen LogP contribution in [0.2, 0.25) is 0 Å². The molecule has 0 radical (unpaired) electrons. The molecule has 2 aromatic heterocycles. The Hall–Kier alpha value is -4.46. The van der Waals surface area contributed by atoms with E-state index in [1.807, 2.05) is 48.0 Å². The molecule has 4 aromatic rings. The molecule has 194 valence electrons. The van der Waals surface area contributed by atoms with Gasteiger partial charge in [-0.1, -0.05) is 24.3 Å². The summed E-state index contributed by atoms with van der Waals surface area (Å²) in [5.41, 5.74) is 5.29. The number of carbonyl (C=O) groups excluding carboxylic acids is 2. The van der Waals surface area contributed by atoms with Crippen molar-refractivity contribution in [1.29, 1.82) is 0 Å². The maximum atomic E-state index is 13.8. The smallest absolute Gasteiger partial charge is 0.355 e. The van der Waals surface area contributed by atoms with Crippen LogP contribution in [0.1, 0.15) is 27.8 Å². The zero-order valence-electron chi connectivity index (χ0n) is 21.6. The molecule has 1 aliphatic rings. The highest BCUT2D eigenvalue weighted by atomic mass is 19.1. The van der Waals surface area contributed by atoms with Crippen LogP contribution < -0.4 is 9.80 Å². The van der Waals surface area contributed by atoms with E-state index < -0.39 is 5.97 Å². The second-order valence-corrected chi connectivity index (χ2v) is 9.30. The summed E-state index contributed by atoms with van der Waals surface area (Å²) in [6, 6.07) is 17.7. The lowest BCUT2D eigenvalue weighted by Crippen LogP contribution is -2.47. The van der Waals surface area contributed by atoms with Gasteiger partial charge in [0, 0.05) is 68.0 Å². The van der Waals surface area contributed by atoms with E-state index in [-0.39, 0.29) is 11.6 Å². The molecule has 1 saturated heterocycles. The lowest BCUT2D eigenvalue weighted by atomic mass is 9.96. The van der Waals surface area contributed by atoms with Gasteiger partial charge < -0.3 is 19.1 Å². The van der Waals surface area contributed by atoms with Crippen LogP contribution in [0.4, 0.5) is 15.9 Å². The minimum Gasteiger partial charge on any atom is -0.464 e. The Balaban J connectivity index is 1.60. The molecule has 7 nitrogen and oxygen atoms in total. The Labute approximate surface area is 221 Å². The zero-order valence-corrected chi connectivity index (χ0v) is 21.6. The van der Waals surface area contributed by atoms with Gasteiger partial charge in [0.05, 0.1) is 7.11 Å². The lowest BCUT2D eigenvalue weighted by molar-refractivity contribution is 0.0591. The van der Waals surface area contributed by atoms with Gasteiger partial charge >= 0.3 is 5.97 Å². The van der Waals surface area contributed by atoms with Crippen LogP contribution in [0.25, 0.3) is 22.3 Å². The minimum absolute atomic E-state index is 0.0416. The Morgan fingerprint density at radius 2 is 1.50 bits per heavy atom. The number of esters is 1. The van der Waals surface area contributed by atoms with Crippen molar-refractivity contribution in [3.63, 3.8) is 0 Å². The van der Waals surface area contributed by atoms with Gasteiger partial charge in [-0.25, -0.2) is 9.18 Å².